The molecule has 0 saturated heterocycles. The van der Waals surface area contributed by atoms with Crippen molar-refractivity contribution in [2.75, 3.05) is 12.3 Å². The molecule has 7 heteroatoms. The van der Waals surface area contributed by atoms with Crippen molar-refractivity contribution >= 4 is 40.8 Å². The Morgan fingerprint density at radius 1 is 1.29 bits per heavy atom. The van der Waals surface area contributed by atoms with Crippen LogP contribution < -0.4 is 11.1 Å². The monoisotopic (exact) mass is 372 g/mol. The molecule has 24 heavy (non-hydrogen) atoms. The predicted octanol–water partition coefficient (Wildman–Crippen LogP) is 3.67. The molecular weight excluding hydrogens is 351 g/mol. The number of carbonyl (C=O) groups excluding carboxylic acids is 2. The van der Waals surface area contributed by atoms with Gasteiger partial charge in [-0.2, -0.15) is 0 Å². The van der Waals surface area contributed by atoms with Crippen molar-refractivity contribution in [1.82, 2.24) is 5.32 Å². The number of nitrogens with two attached hydrogens (primary N) is 1. The Morgan fingerprint density at radius 2 is 2.00 bits per heavy atom. The van der Waals surface area contributed by atoms with Crippen molar-refractivity contribution in [2.45, 2.75) is 39.2 Å². The predicted molar refractivity (Wildman–Crippen MR) is 95.3 cm³/mol. The molecule has 5 nitrogen and oxygen atoms in total. The zero-order valence-corrected chi connectivity index (χ0v) is 15.3. The molecule has 1 aromatic carbocycles. The SMILES string of the molecule is C[C@@H]1[C@H](C)CCC[C@@H]1NC(=O)COC(=O)c1cc(Cl)cc(Cl)c1N. The lowest BCUT2D eigenvalue weighted by atomic mass is 9.78. The van der Waals surface area contributed by atoms with Crippen LogP contribution in [0, 0.1) is 11.8 Å². The summed E-state index contributed by atoms with van der Waals surface area (Å²) in [7, 11) is 0. The molecule has 1 aliphatic rings. The van der Waals surface area contributed by atoms with E-state index in [4.69, 9.17) is 33.7 Å². The number of halogens is 2. The summed E-state index contributed by atoms with van der Waals surface area (Å²) >= 11 is 11.7. The molecule has 0 heterocycles. The highest BCUT2D eigenvalue weighted by atomic mass is 35.5. The molecule has 1 aromatic rings. The lowest BCUT2D eigenvalue weighted by Crippen LogP contribution is -2.45. The van der Waals surface area contributed by atoms with E-state index in [9.17, 15) is 9.59 Å². The van der Waals surface area contributed by atoms with E-state index in [1.807, 2.05) is 0 Å². The molecule has 0 radical (unpaired) electrons. The van der Waals surface area contributed by atoms with E-state index >= 15 is 0 Å². The number of esters is 1. The van der Waals surface area contributed by atoms with E-state index in [-0.39, 0.29) is 39.9 Å². The molecule has 0 unspecified atom stereocenters. The number of amides is 1. The molecule has 132 valence electrons. The van der Waals surface area contributed by atoms with Crippen molar-refractivity contribution < 1.29 is 14.3 Å². The first-order valence-electron chi connectivity index (χ1n) is 8.00. The topological polar surface area (TPSA) is 81.4 Å². The third-order valence-corrected chi connectivity index (χ3v) is 5.23. The fourth-order valence-electron chi connectivity index (χ4n) is 3.00. The summed E-state index contributed by atoms with van der Waals surface area (Å²) in [6.07, 6.45) is 3.22. The van der Waals surface area contributed by atoms with Crippen molar-refractivity contribution in [1.29, 1.82) is 0 Å². The molecule has 0 aromatic heterocycles. The van der Waals surface area contributed by atoms with Gasteiger partial charge in [0, 0.05) is 11.1 Å². The fraction of sp³-hybridized carbons (Fsp3) is 0.529. The lowest BCUT2D eigenvalue weighted by Gasteiger charge is -2.34. The lowest BCUT2D eigenvalue weighted by molar-refractivity contribution is -0.125. The minimum absolute atomic E-state index is 0.0555. The Labute approximate surface area is 151 Å². The first-order chi connectivity index (χ1) is 11.3. The zero-order chi connectivity index (χ0) is 17.9. The maximum atomic E-state index is 12.1. The molecule has 0 spiro atoms. The first kappa shape index (κ1) is 18.9. The highest BCUT2D eigenvalue weighted by Gasteiger charge is 2.28. The summed E-state index contributed by atoms with van der Waals surface area (Å²) in [4.78, 5) is 24.1. The molecule has 1 aliphatic carbocycles. The molecule has 0 aliphatic heterocycles. The molecular formula is C17H22Cl2N2O3. The van der Waals surface area contributed by atoms with Crippen molar-refractivity contribution in [3.05, 3.63) is 27.7 Å². The van der Waals surface area contributed by atoms with Gasteiger partial charge < -0.3 is 15.8 Å². The van der Waals surface area contributed by atoms with Gasteiger partial charge in [-0.25, -0.2) is 4.79 Å². The standard InChI is InChI=1S/C17H22Cl2N2O3/c1-9-4-3-5-14(10(9)2)21-15(22)8-24-17(23)12-6-11(18)7-13(19)16(12)20/h6-7,9-10,14H,3-5,8,20H2,1-2H3,(H,21,22)/t9-,10-,14+/m1/s1. The molecule has 1 amide bonds. The third-order valence-electron chi connectivity index (χ3n) is 4.70. The van der Waals surface area contributed by atoms with Gasteiger partial charge in [0.15, 0.2) is 6.61 Å². The van der Waals surface area contributed by atoms with Gasteiger partial charge in [-0.05, 0) is 30.4 Å². The van der Waals surface area contributed by atoms with E-state index in [0.717, 1.165) is 12.8 Å². The molecule has 3 N–H and O–H groups in total. The van der Waals surface area contributed by atoms with E-state index < -0.39 is 5.97 Å². The molecule has 0 bridgehead atoms. The minimum Gasteiger partial charge on any atom is -0.452 e. The summed E-state index contributed by atoms with van der Waals surface area (Å²) in [6, 6.07) is 2.92. The van der Waals surface area contributed by atoms with E-state index in [0.29, 0.717) is 11.8 Å². The van der Waals surface area contributed by atoms with Gasteiger partial charge in [0.1, 0.15) is 0 Å². The van der Waals surface area contributed by atoms with Gasteiger partial charge in [0.25, 0.3) is 5.91 Å². The Kier molecular flexibility index (Phi) is 6.35. The highest BCUT2D eigenvalue weighted by Crippen LogP contribution is 2.30. The van der Waals surface area contributed by atoms with Crippen LogP contribution in [0.25, 0.3) is 0 Å². The summed E-state index contributed by atoms with van der Waals surface area (Å²) in [5.41, 5.74) is 5.89. The normalized spacial score (nSPS) is 23.6. The maximum absolute atomic E-state index is 12.1. The van der Waals surface area contributed by atoms with E-state index in [2.05, 4.69) is 19.2 Å². The van der Waals surface area contributed by atoms with Crippen LogP contribution in [0.5, 0.6) is 0 Å². The summed E-state index contributed by atoms with van der Waals surface area (Å²) in [5.74, 6) is -0.0705. The Hall–Kier alpha value is -1.46. The number of benzene rings is 1. The van der Waals surface area contributed by atoms with Crippen molar-refractivity contribution in [2.24, 2.45) is 11.8 Å². The third kappa shape index (κ3) is 4.54. The van der Waals surface area contributed by atoms with Gasteiger partial charge in [0.2, 0.25) is 0 Å². The largest absolute Gasteiger partial charge is 0.452 e. The Morgan fingerprint density at radius 3 is 2.71 bits per heavy atom. The second-order valence-corrected chi connectivity index (χ2v) is 7.21. The van der Waals surface area contributed by atoms with Crippen LogP contribution in [0.4, 0.5) is 5.69 Å². The van der Waals surface area contributed by atoms with Crippen LogP contribution in [0.15, 0.2) is 12.1 Å². The smallest absolute Gasteiger partial charge is 0.340 e. The molecule has 1 fully saturated rings. The quantitative estimate of drug-likeness (QED) is 0.623. The van der Waals surface area contributed by atoms with Crippen LogP contribution in [0.3, 0.4) is 0 Å². The van der Waals surface area contributed by atoms with Crippen LogP contribution in [0.2, 0.25) is 10.0 Å². The van der Waals surface area contributed by atoms with Gasteiger partial charge in [-0.15, -0.1) is 0 Å². The second kappa shape index (κ2) is 8.08. The summed E-state index contributed by atoms with van der Waals surface area (Å²) < 4.78 is 5.04. The number of hydrogen-bond acceptors (Lipinski definition) is 4. The number of anilines is 1. The number of nitrogen functional groups attached to an aromatic ring is 1. The number of rotatable bonds is 4. The fourth-order valence-corrected chi connectivity index (χ4v) is 3.49. The summed E-state index contributed by atoms with van der Waals surface area (Å²) in [5, 5.41) is 3.39. The number of nitrogens with one attached hydrogen (secondary N) is 1. The van der Waals surface area contributed by atoms with Gasteiger partial charge in [-0.1, -0.05) is 49.9 Å². The van der Waals surface area contributed by atoms with Crippen LogP contribution in [-0.2, 0) is 9.53 Å². The molecule has 1 saturated carbocycles. The van der Waals surface area contributed by atoms with E-state index in [1.54, 1.807) is 0 Å². The summed E-state index contributed by atoms with van der Waals surface area (Å²) in [6.45, 7) is 3.96. The van der Waals surface area contributed by atoms with Crippen molar-refractivity contribution in [3.8, 4) is 0 Å². The number of hydrogen-bond donors (Lipinski definition) is 2. The minimum atomic E-state index is -0.725. The molecule has 2 rings (SSSR count). The van der Waals surface area contributed by atoms with Crippen molar-refractivity contribution in [3.63, 3.8) is 0 Å². The first-order valence-corrected chi connectivity index (χ1v) is 8.76. The number of carbonyl (C=O) groups is 2. The molecule has 3 atom stereocenters. The highest BCUT2D eigenvalue weighted by molar-refractivity contribution is 6.37. The zero-order valence-electron chi connectivity index (χ0n) is 13.8. The van der Waals surface area contributed by atoms with E-state index in [1.165, 1.54) is 18.6 Å². The Bertz CT molecular complexity index is 637. The van der Waals surface area contributed by atoms with Crippen LogP contribution in [-0.4, -0.2) is 24.5 Å². The van der Waals surface area contributed by atoms with Gasteiger partial charge in [0.05, 0.1) is 16.3 Å². The average Bonchev–Trinajstić information content (AvgIpc) is 2.53. The average molecular weight is 373 g/mol. The van der Waals surface area contributed by atoms with Crippen LogP contribution in [0.1, 0.15) is 43.5 Å². The second-order valence-electron chi connectivity index (χ2n) is 6.37. The maximum Gasteiger partial charge on any atom is 0.340 e. The Balaban J connectivity index is 1.91. The number of ether oxygens (including phenoxy) is 1. The van der Waals surface area contributed by atoms with Crippen LogP contribution >= 0.6 is 23.2 Å². The van der Waals surface area contributed by atoms with Gasteiger partial charge in [-0.3, -0.25) is 4.79 Å². The van der Waals surface area contributed by atoms with Gasteiger partial charge >= 0.3 is 5.97 Å².